The molecule has 0 heterocycles. The summed E-state index contributed by atoms with van der Waals surface area (Å²) in [6.45, 7) is 9.14. The lowest BCUT2D eigenvalue weighted by molar-refractivity contribution is -0.157. The van der Waals surface area contributed by atoms with Crippen LogP contribution in [0.4, 0.5) is 0 Å². The highest BCUT2D eigenvalue weighted by atomic mass is 16.6. The van der Waals surface area contributed by atoms with Crippen LogP contribution in [0.5, 0.6) is 0 Å². The van der Waals surface area contributed by atoms with Gasteiger partial charge in [-0.05, 0) is 20.3 Å². The lowest BCUT2D eigenvalue weighted by Gasteiger charge is -2.24. The lowest BCUT2D eigenvalue weighted by atomic mass is 10.0. The van der Waals surface area contributed by atoms with Gasteiger partial charge in [-0.25, -0.2) is 0 Å². The molecule has 0 radical (unpaired) electrons. The van der Waals surface area contributed by atoms with E-state index in [0.29, 0.717) is 0 Å². The predicted octanol–water partition coefficient (Wildman–Crippen LogP) is 2.96. The van der Waals surface area contributed by atoms with Gasteiger partial charge in [0.2, 0.25) is 0 Å². The van der Waals surface area contributed by atoms with Gasteiger partial charge in [0.05, 0.1) is 12.2 Å². The average Bonchev–Trinajstić information content (AvgIpc) is 1.99. The second-order valence-corrected chi connectivity index (χ2v) is 4.05. The summed E-state index contributed by atoms with van der Waals surface area (Å²) >= 11 is 0. The van der Waals surface area contributed by atoms with E-state index in [1.807, 2.05) is 20.8 Å². The summed E-state index contributed by atoms with van der Waals surface area (Å²) in [6.07, 6.45) is 2.30. The Hall–Kier alpha value is -0.990. The van der Waals surface area contributed by atoms with E-state index in [1.165, 1.54) is 0 Å². The van der Waals surface area contributed by atoms with Crippen molar-refractivity contribution in [1.29, 1.82) is 0 Å². The Bertz CT molecular complexity index is 207. The fourth-order valence-corrected chi connectivity index (χ4v) is 1.26. The molecule has 0 rings (SSSR count). The van der Waals surface area contributed by atoms with E-state index in [1.54, 1.807) is 0 Å². The maximum absolute atomic E-state index is 11.3. The van der Waals surface area contributed by atoms with E-state index in [-0.39, 0.29) is 24.6 Å². The second-order valence-electron chi connectivity index (χ2n) is 4.05. The first kappa shape index (κ1) is 13.0. The van der Waals surface area contributed by atoms with Crippen LogP contribution in [0.1, 0.15) is 46.5 Å². The Balaban J connectivity index is 3.86. The van der Waals surface area contributed by atoms with Crippen molar-refractivity contribution in [3.05, 3.63) is 12.3 Å². The second kappa shape index (κ2) is 5.68. The number of allylic oxidation sites excluding steroid dienone is 1. The molecule has 14 heavy (non-hydrogen) atoms. The first-order valence-electron chi connectivity index (χ1n) is 4.96. The van der Waals surface area contributed by atoms with Crippen LogP contribution in [-0.2, 0) is 9.53 Å². The van der Waals surface area contributed by atoms with Gasteiger partial charge < -0.3 is 9.84 Å². The summed E-state index contributed by atoms with van der Waals surface area (Å²) in [7, 11) is 0. The zero-order valence-electron chi connectivity index (χ0n) is 9.30. The number of ether oxygens (including phenoxy) is 1. The van der Waals surface area contributed by atoms with Crippen LogP contribution in [0.3, 0.4) is 0 Å². The number of carbonyl (C=O) groups is 1. The molecule has 0 saturated heterocycles. The summed E-state index contributed by atoms with van der Waals surface area (Å²) in [4.78, 5) is 11.3. The van der Waals surface area contributed by atoms with E-state index in [2.05, 4.69) is 6.58 Å². The average molecular weight is 200 g/mol. The number of hydrogen-bond acceptors (Lipinski definition) is 3. The molecule has 0 aromatic carbocycles. The van der Waals surface area contributed by atoms with E-state index in [0.717, 1.165) is 12.8 Å². The largest absolute Gasteiger partial charge is 0.513 e. The third-order valence-corrected chi connectivity index (χ3v) is 1.86. The molecule has 0 aliphatic carbocycles. The van der Waals surface area contributed by atoms with E-state index < -0.39 is 5.60 Å². The van der Waals surface area contributed by atoms with Crippen molar-refractivity contribution in [3.63, 3.8) is 0 Å². The van der Waals surface area contributed by atoms with E-state index in [9.17, 15) is 4.79 Å². The highest BCUT2D eigenvalue weighted by Crippen LogP contribution is 2.17. The third kappa shape index (κ3) is 6.52. The van der Waals surface area contributed by atoms with E-state index in [4.69, 9.17) is 9.84 Å². The Morgan fingerprint density at radius 3 is 2.43 bits per heavy atom. The molecule has 0 amide bonds. The van der Waals surface area contributed by atoms with Gasteiger partial charge in [0, 0.05) is 6.42 Å². The predicted molar refractivity (Wildman–Crippen MR) is 56.1 cm³/mol. The van der Waals surface area contributed by atoms with Crippen molar-refractivity contribution in [2.24, 2.45) is 0 Å². The molecular weight excluding hydrogens is 180 g/mol. The zero-order chi connectivity index (χ0) is 11.2. The fraction of sp³-hybridized carbons (Fsp3) is 0.727. The molecule has 0 fully saturated rings. The molecule has 3 heteroatoms. The zero-order valence-corrected chi connectivity index (χ0v) is 9.30. The van der Waals surface area contributed by atoms with Crippen LogP contribution in [0.15, 0.2) is 12.3 Å². The minimum Gasteiger partial charge on any atom is -0.513 e. The highest BCUT2D eigenvalue weighted by molar-refractivity contribution is 5.70. The van der Waals surface area contributed by atoms with Gasteiger partial charge in [0.25, 0.3) is 0 Å². The van der Waals surface area contributed by atoms with Crippen LogP contribution < -0.4 is 0 Å². The van der Waals surface area contributed by atoms with Gasteiger partial charge in [-0.15, -0.1) is 0 Å². The van der Waals surface area contributed by atoms with Gasteiger partial charge in [-0.1, -0.05) is 19.9 Å². The van der Waals surface area contributed by atoms with Crippen molar-refractivity contribution in [3.8, 4) is 0 Å². The Kier molecular flexibility index (Phi) is 5.28. The van der Waals surface area contributed by atoms with Crippen molar-refractivity contribution >= 4 is 5.97 Å². The maximum atomic E-state index is 11.3. The highest BCUT2D eigenvalue weighted by Gasteiger charge is 2.21. The van der Waals surface area contributed by atoms with Crippen LogP contribution in [0, 0.1) is 0 Å². The number of aliphatic hydroxyl groups is 1. The van der Waals surface area contributed by atoms with Gasteiger partial charge in [0.15, 0.2) is 0 Å². The fourth-order valence-electron chi connectivity index (χ4n) is 1.26. The summed E-state index contributed by atoms with van der Waals surface area (Å²) in [5.41, 5.74) is -0.400. The normalized spacial score (nSPS) is 11.1. The molecule has 0 spiro atoms. The summed E-state index contributed by atoms with van der Waals surface area (Å²) in [6, 6.07) is 0. The SMILES string of the molecule is C=C(O)CCC(=O)OC(C)(C)CCC. The van der Waals surface area contributed by atoms with Crippen molar-refractivity contribution in [2.45, 2.75) is 52.1 Å². The minimum absolute atomic E-state index is 0.0234. The molecule has 3 nitrogen and oxygen atoms in total. The molecule has 0 atom stereocenters. The van der Waals surface area contributed by atoms with E-state index >= 15 is 0 Å². The monoisotopic (exact) mass is 200 g/mol. The lowest BCUT2D eigenvalue weighted by Crippen LogP contribution is -2.27. The van der Waals surface area contributed by atoms with Crippen molar-refractivity contribution in [1.82, 2.24) is 0 Å². The number of esters is 1. The molecule has 0 unspecified atom stereocenters. The first-order valence-corrected chi connectivity index (χ1v) is 4.96. The minimum atomic E-state index is -0.400. The van der Waals surface area contributed by atoms with Crippen LogP contribution >= 0.6 is 0 Å². The molecule has 0 saturated carbocycles. The molecule has 82 valence electrons. The van der Waals surface area contributed by atoms with Gasteiger partial charge in [-0.3, -0.25) is 4.79 Å². The van der Waals surface area contributed by atoms with Crippen LogP contribution in [0.2, 0.25) is 0 Å². The molecule has 0 aromatic rings. The standard InChI is InChI=1S/C11H20O3/c1-5-8-11(3,4)14-10(13)7-6-9(2)12/h12H,2,5-8H2,1,3-4H3. The molecule has 0 aliphatic rings. The molecule has 0 aliphatic heterocycles. The van der Waals surface area contributed by atoms with Crippen molar-refractivity contribution in [2.75, 3.05) is 0 Å². The van der Waals surface area contributed by atoms with Crippen molar-refractivity contribution < 1.29 is 14.6 Å². The van der Waals surface area contributed by atoms with Crippen LogP contribution in [-0.4, -0.2) is 16.7 Å². The Morgan fingerprint density at radius 1 is 1.43 bits per heavy atom. The Morgan fingerprint density at radius 2 is 2.00 bits per heavy atom. The molecular formula is C11H20O3. The third-order valence-electron chi connectivity index (χ3n) is 1.86. The van der Waals surface area contributed by atoms with Gasteiger partial charge in [0.1, 0.15) is 5.60 Å². The number of rotatable bonds is 6. The van der Waals surface area contributed by atoms with Gasteiger partial charge >= 0.3 is 5.97 Å². The van der Waals surface area contributed by atoms with Gasteiger partial charge in [-0.2, -0.15) is 0 Å². The molecule has 0 bridgehead atoms. The summed E-state index contributed by atoms with van der Waals surface area (Å²) in [5.74, 6) is -0.256. The smallest absolute Gasteiger partial charge is 0.306 e. The number of aliphatic hydroxyl groups excluding tert-OH is 1. The molecule has 0 aromatic heterocycles. The first-order chi connectivity index (χ1) is 6.37. The maximum Gasteiger partial charge on any atom is 0.306 e. The number of carbonyl (C=O) groups excluding carboxylic acids is 1. The number of hydrogen-bond donors (Lipinski definition) is 1. The topological polar surface area (TPSA) is 46.5 Å². The quantitative estimate of drug-likeness (QED) is 0.529. The summed E-state index contributed by atoms with van der Waals surface area (Å²) in [5, 5.41) is 8.80. The molecule has 1 N–H and O–H groups in total. The summed E-state index contributed by atoms with van der Waals surface area (Å²) < 4.78 is 5.24. The van der Waals surface area contributed by atoms with Crippen LogP contribution in [0.25, 0.3) is 0 Å². The Labute approximate surface area is 85.8 Å².